The second-order valence-corrected chi connectivity index (χ2v) is 3.97. The van der Waals surface area contributed by atoms with Crippen LogP contribution < -0.4 is 0 Å². The molecule has 5 N–H and O–H groups in total. The zero-order valence-corrected chi connectivity index (χ0v) is 10.5. The summed E-state index contributed by atoms with van der Waals surface area (Å²) in [5.41, 5.74) is 0. The first-order valence-corrected chi connectivity index (χ1v) is 5.43. The van der Waals surface area contributed by atoms with Crippen molar-refractivity contribution < 1.29 is 49.5 Å². The first-order valence-electron chi connectivity index (χ1n) is 5.43. The van der Waals surface area contributed by atoms with Gasteiger partial charge in [-0.1, -0.05) is 0 Å². The molecule has 11 heteroatoms. The monoisotopic (exact) mass is 307 g/mol. The summed E-state index contributed by atoms with van der Waals surface area (Å²) in [5.74, 6) is -8.36. The summed E-state index contributed by atoms with van der Waals surface area (Å²) in [6, 6.07) is -3.97. The van der Waals surface area contributed by atoms with Crippen molar-refractivity contribution in [3.63, 3.8) is 0 Å². The summed E-state index contributed by atoms with van der Waals surface area (Å²) in [5, 5.41) is 43.8. The molecule has 0 rings (SSSR count). The third kappa shape index (κ3) is 6.33. The average Bonchev–Trinajstić information content (AvgIpc) is 2.29. The highest BCUT2D eigenvalue weighted by molar-refractivity contribution is 5.85. The first kappa shape index (κ1) is 18.3. The molecule has 0 heterocycles. The van der Waals surface area contributed by atoms with Crippen LogP contribution in [0.25, 0.3) is 0 Å². The molecule has 11 nitrogen and oxygen atoms in total. The highest BCUT2D eigenvalue weighted by atomic mass is 16.4. The summed E-state index contributed by atoms with van der Waals surface area (Å²) in [4.78, 5) is 54.3. The number of hydrogen-bond acceptors (Lipinski definition) is 6. The number of rotatable bonds is 10. The van der Waals surface area contributed by atoms with Crippen molar-refractivity contribution in [3.8, 4) is 0 Å². The molecule has 0 bridgehead atoms. The van der Waals surface area contributed by atoms with E-state index < -0.39 is 61.3 Å². The Morgan fingerprint density at radius 2 is 1.00 bits per heavy atom. The molecule has 0 radical (unpaired) electrons. The third-order valence-corrected chi connectivity index (χ3v) is 2.42. The minimum atomic E-state index is -1.99. The van der Waals surface area contributed by atoms with Crippen LogP contribution in [0, 0.1) is 0 Å². The van der Waals surface area contributed by atoms with Crippen LogP contribution in [-0.4, -0.2) is 78.9 Å². The van der Waals surface area contributed by atoms with E-state index >= 15 is 0 Å². The molecule has 0 aliphatic heterocycles. The van der Waals surface area contributed by atoms with Crippen LogP contribution in [0.5, 0.6) is 0 Å². The fourth-order valence-electron chi connectivity index (χ4n) is 1.62. The summed E-state index contributed by atoms with van der Waals surface area (Å²) in [7, 11) is 0. The van der Waals surface area contributed by atoms with Crippen molar-refractivity contribution in [3.05, 3.63) is 0 Å². The molecule has 0 fully saturated rings. The normalized spacial score (nSPS) is 13.4. The van der Waals surface area contributed by atoms with Crippen molar-refractivity contribution >= 4 is 29.8 Å². The smallest absolute Gasteiger partial charge is 0.321 e. The molecule has 21 heavy (non-hydrogen) atoms. The molecular weight excluding hydrogens is 294 g/mol. The number of nitrogens with zero attached hydrogens (tertiary/aromatic N) is 1. The molecule has 0 aromatic carbocycles. The number of carboxylic acid groups (broad SMARTS) is 5. The lowest BCUT2D eigenvalue weighted by atomic mass is 10.1. The van der Waals surface area contributed by atoms with Crippen molar-refractivity contribution in [1.29, 1.82) is 0 Å². The Balaban J connectivity index is 5.60. The van der Waals surface area contributed by atoms with Crippen molar-refractivity contribution in [2.24, 2.45) is 0 Å². The van der Waals surface area contributed by atoms with E-state index in [1.165, 1.54) is 0 Å². The summed E-state index contributed by atoms with van der Waals surface area (Å²) < 4.78 is 0. The van der Waals surface area contributed by atoms with Crippen molar-refractivity contribution in [2.75, 3.05) is 6.54 Å². The summed E-state index contributed by atoms with van der Waals surface area (Å²) >= 11 is 0. The van der Waals surface area contributed by atoms with Gasteiger partial charge in [0.25, 0.3) is 0 Å². The number of hydrogen-bond donors (Lipinski definition) is 5. The highest BCUT2D eigenvalue weighted by Gasteiger charge is 2.39. The first-order chi connectivity index (χ1) is 9.56. The quantitative estimate of drug-likeness (QED) is 0.307. The lowest BCUT2D eigenvalue weighted by Crippen LogP contribution is -2.54. The molecule has 0 amide bonds. The molecule has 2 unspecified atom stereocenters. The van der Waals surface area contributed by atoms with Gasteiger partial charge in [0.2, 0.25) is 0 Å². The van der Waals surface area contributed by atoms with Gasteiger partial charge in [-0.15, -0.1) is 0 Å². The molecule has 0 aliphatic carbocycles. The van der Waals surface area contributed by atoms with Gasteiger partial charge >= 0.3 is 29.8 Å². The van der Waals surface area contributed by atoms with E-state index in [-0.39, 0.29) is 0 Å². The second-order valence-electron chi connectivity index (χ2n) is 3.97. The number of aliphatic carboxylic acids is 5. The van der Waals surface area contributed by atoms with Gasteiger partial charge in [-0.3, -0.25) is 28.9 Å². The lowest BCUT2D eigenvalue weighted by molar-refractivity contribution is -0.160. The van der Waals surface area contributed by atoms with E-state index in [0.717, 1.165) is 0 Å². The van der Waals surface area contributed by atoms with Crippen LogP contribution in [0.15, 0.2) is 0 Å². The van der Waals surface area contributed by atoms with Gasteiger partial charge in [-0.2, -0.15) is 0 Å². The van der Waals surface area contributed by atoms with Gasteiger partial charge in [-0.25, -0.2) is 0 Å². The summed E-state index contributed by atoms with van der Waals surface area (Å²) in [6.07, 6.45) is -2.15. The predicted molar refractivity (Wildman–Crippen MR) is 61.7 cm³/mol. The van der Waals surface area contributed by atoms with Crippen LogP contribution in [0.2, 0.25) is 0 Å². The third-order valence-electron chi connectivity index (χ3n) is 2.42. The minimum absolute atomic E-state index is 0.315. The Morgan fingerprint density at radius 3 is 1.19 bits per heavy atom. The molecule has 2 atom stereocenters. The lowest BCUT2D eigenvalue weighted by Gasteiger charge is -2.30. The Labute approximate surface area is 117 Å². The number of carboxylic acids is 5. The molecule has 118 valence electrons. The molecule has 0 saturated carbocycles. The maximum absolute atomic E-state index is 11.0. The molecule has 0 spiro atoms. The van der Waals surface area contributed by atoms with E-state index in [2.05, 4.69) is 0 Å². The van der Waals surface area contributed by atoms with Gasteiger partial charge < -0.3 is 25.5 Å². The Hall–Kier alpha value is -2.69. The maximum atomic E-state index is 11.0. The van der Waals surface area contributed by atoms with Gasteiger partial charge in [-0.05, 0) is 0 Å². The fourth-order valence-corrected chi connectivity index (χ4v) is 1.62. The van der Waals surface area contributed by atoms with Gasteiger partial charge in [0.05, 0.1) is 19.4 Å². The largest absolute Gasteiger partial charge is 0.481 e. The summed E-state index contributed by atoms with van der Waals surface area (Å²) in [6.45, 7) is -1.13. The topological polar surface area (TPSA) is 190 Å². The van der Waals surface area contributed by atoms with Crippen molar-refractivity contribution in [2.45, 2.75) is 24.9 Å². The van der Waals surface area contributed by atoms with E-state index in [4.69, 9.17) is 25.5 Å². The van der Waals surface area contributed by atoms with Crippen molar-refractivity contribution in [1.82, 2.24) is 4.90 Å². The van der Waals surface area contributed by atoms with E-state index in [0.29, 0.717) is 4.90 Å². The standard InChI is InChI=1S/C10H13NO10/c12-6(13)1-4(9(18)19)11(3-8(16)17)5(10(20)21)2-7(14)15/h4-5H,1-3H2,(H,12,13)(H,14,15)(H,16,17)(H,18,19)(H,20,21). The molecule has 0 aromatic rings. The van der Waals surface area contributed by atoms with Crippen LogP contribution in [0.3, 0.4) is 0 Å². The van der Waals surface area contributed by atoms with Crippen LogP contribution in [-0.2, 0) is 24.0 Å². The number of carbonyl (C=O) groups is 5. The van der Waals surface area contributed by atoms with E-state index in [1.807, 2.05) is 0 Å². The zero-order chi connectivity index (χ0) is 16.7. The highest BCUT2D eigenvalue weighted by Crippen LogP contribution is 2.14. The van der Waals surface area contributed by atoms with E-state index in [1.54, 1.807) is 0 Å². The Morgan fingerprint density at radius 1 is 0.667 bits per heavy atom. The molecule has 0 aliphatic rings. The van der Waals surface area contributed by atoms with Crippen LogP contribution in [0.4, 0.5) is 0 Å². The average molecular weight is 307 g/mol. The fraction of sp³-hybridized carbons (Fsp3) is 0.500. The second kappa shape index (κ2) is 7.79. The van der Waals surface area contributed by atoms with E-state index in [9.17, 15) is 24.0 Å². The Kier molecular flexibility index (Phi) is 6.79. The Bertz CT molecular complexity index is 425. The van der Waals surface area contributed by atoms with Gasteiger partial charge in [0, 0.05) is 0 Å². The predicted octanol–water partition coefficient (Wildman–Crippen LogP) is -1.77. The SMILES string of the molecule is O=C(O)CC(C(=O)O)N(CC(=O)O)C(CC(=O)O)C(=O)O. The van der Waals surface area contributed by atoms with Crippen LogP contribution >= 0.6 is 0 Å². The molecule has 0 saturated heterocycles. The molecular formula is C10H13NO10. The van der Waals surface area contributed by atoms with Crippen LogP contribution in [0.1, 0.15) is 12.8 Å². The maximum Gasteiger partial charge on any atom is 0.321 e. The minimum Gasteiger partial charge on any atom is -0.481 e. The zero-order valence-electron chi connectivity index (χ0n) is 10.5. The van der Waals surface area contributed by atoms with Gasteiger partial charge in [0.1, 0.15) is 12.1 Å². The molecule has 0 aromatic heterocycles. The van der Waals surface area contributed by atoms with Gasteiger partial charge in [0.15, 0.2) is 0 Å².